The fourth-order valence-electron chi connectivity index (χ4n) is 0.740. The van der Waals surface area contributed by atoms with Crippen LogP contribution in [0.1, 0.15) is 4.88 Å². The van der Waals surface area contributed by atoms with E-state index in [1.54, 1.807) is 17.5 Å². The molecule has 0 atom stereocenters. The quantitative estimate of drug-likeness (QED) is 0.473. The molecule has 0 spiro atoms. The molecule has 15 heavy (non-hydrogen) atoms. The lowest BCUT2D eigenvalue weighted by Gasteiger charge is -1.97. The van der Waals surface area contributed by atoms with E-state index < -0.39 is 5.97 Å². The van der Waals surface area contributed by atoms with Gasteiger partial charge in [-0.3, -0.25) is 0 Å². The lowest BCUT2D eigenvalue weighted by molar-refractivity contribution is -0.138. The summed E-state index contributed by atoms with van der Waals surface area (Å²) >= 11 is 7.94. The third kappa shape index (κ3) is 4.88. The molecule has 3 nitrogen and oxygen atoms in total. The van der Waals surface area contributed by atoms with Gasteiger partial charge in [0.25, 0.3) is 0 Å². The van der Waals surface area contributed by atoms with E-state index in [0.717, 1.165) is 16.6 Å². The Labute approximate surface area is 100 Å². The first-order chi connectivity index (χ1) is 7.22. The summed E-state index contributed by atoms with van der Waals surface area (Å²) in [6.07, 6.45) is 1.21. The number of thiophene rings is 1. The van der Waals surface area contributed by atoms with Gasteiger partial charge in [0.15, 0.2) is 0 Å². The van der Waals surface area contributed by atoms with Gasteiger partial charge in [0.2, 0.25) is 0 Å². The van der Waals surface area contributed by atoms with Crippen LogP contribution in [0.3, 0.4) is 0 Å². The molecule has 0 saturated heterocycles. The summed E-state index contributed by atoms with van der Waals surface area (Å²) in [5.74, 6) is -0.470. The minimum Gasteiger partial charge on any atom is -0.457 e. The maximum Gasteiger partial charge on any atom is 0.331 e. The van der Waals surface area contributed by atoms with Gasteiger partial charge in [0.05, 0.1) is 4.34 Å². The molecular formula is C9H6ClNO2S2. The van der Waals surface area contributed by atoms with Crippen LogP contribution in [0, 0.1) is 10.7 Å². The van der Waals surface area contributed by atoms with Gasteiger partial charge in [-0.05, 0) is 29.3 Å². The zero-order chi connectivity index (χ0) is 11.1. The number of thioether (sulfide) groups is 1. The Morgan fingerprint density at radius 1 is 1.73 bits per heavy atom. The molecule has 0 N–H and O–H groups in total. The molecule has 0 aliphatic rings. The lowest BCUT2D eigenvalue weighted by Crippen LogP contribution is -1.98. The van der Waals surface area contributed by atoms with Crippen LogP contribution in [0.5, 0.6) is 0 Å². The highest BCUT2D eigenvalue weighted by Crippen LogP contribution is 2.21. The van der Waals surface area contributed by atoms with Crippen LogP contribution in [-0.4, -0.2) is 5.97 Å². The van der Waals surface area contributed by atoms with E-state index in [0.29, 0.717) is 4.34 Å². The second kappa shape index (κ2) is 6.51. The largest absolute Gasteiger partial charge is 0.457 e. The number of thiocyanates is 1. The third-order valence-electron chi connectivity index (χ3n) is 1.31. The molecule has 1 heterocycles. The molecule has 1 aromatic heterocycles. The predicted molar refractivity (Wildman–Crippen MR) is 61.5 cm³/mol. The number of ether oxygens (including phenoxy) is 1. The lowest BCUT2D eigenvalue weighted by atomic mass is 10.5. The number of rotatable bonds is 4. The third-order valence-corrected chi connectivity index (χ3v) is 2.89. The Morgan fingerprint density at radius 2 is 2.53 bits per heavy atom. The molecule has 0 unspecified atom stereocenters. The van der Waals surface area contributed by atoms with Gasteiger partial charge < -0.3 is 4.74 Å². The summed E-state index contributed by atoms with van der Waals surface area (Å²) in [7, 11) is 0. The average Bonchev–Trinajstić information content (AvgIpc) is 2.62. The number of nitrogens with zero attached hydrogens (tertiary/aromatic N) is 1. The van der Waals surface area contributed by atoms with Gasteiger partial charge in [-0.15, -0.1) is 11.3 Å². The Kier molecular flexibility index (Phi) is 5.26. The molecule has 0 amide bonds. The molecular weight excluding hydrogens is 254 g/mol. The SMILES string of the molecule is N#CS/C=C/C(=O)OCc1ccc(Cl)s1. The summed E-state index contributed by atoms with van der Waals surface area (Å²) in [5.41, 5.74) is 0. The van der Waals surface area contributed by atoms with Crippen molar-refractivity contribution in [2.45, 2.75) is 6.61 Å². The fourth-order valence-corrected chi connectivity index (χ4v) is 1.98. The smallest absolute Gasteiger partial charge is 0.331 e. The molecule has 0 fully saturated rings. The number of esters is 1. The van der Waals surface area contributed by atoms with E-state index in [9.17, 15) is 4.79 Å². The highest BCUT2D eigenvalue weighted by atomic mass is 35.5. The van der Waals surface area contributed by atoms with Gasteiger partial charge >= 0.3 is 5.97 Å². The second-order valence-electron chi connectivity index (χ2n) is 2.33. The molecule has 0 aromatic carbocycles. The highest BCUT2D eigenvalue weighted by Gasteiger charge is 2.01. The summed E-state index contributed by atoms with van der Waals surface area (Å²) in [4.78, 5) is 11.9. The Hall–Kier alpha value is -0.960. The number of nitriles is 1. The molecule has 78 valence electrons. The van der Waals surface area contributed by atoms with Crippen LogP contribution in [0.2, 0.25) is 4.34 Å². The molecule has 1 rings (SSSR count). The van der Waals surface area contributed by atoms with Crippen molar-refractivity contribution >= 4 is 40.7 Å². The van der Waals surface area contributed by atoms with Crippen LogP contribution in [0.25, 0.3) is 0 Å². The first kappa shape index (κ1) is 12.1. The Balaban J connectivity index is 2.32. The van der Waals surface area contributed by atoms with Crippen molar-refractivity contribution in [2.75, 3.05) is 0 Å². The Morgan fingerprint density at radius 3 is 3.13 bits per heavy atom. The average molecular weight is 260 g/mol. The Bertz CT molecular complexity index is 408. The monoisotopic (exact) mass is 259 g/mol. The molecule has 0 radical (unpaired) electrons. The summed E-state index contributed by atoms with van der Waals surface area (Å²) < 4.78 is 5.55. The van der Waals surface area contributed by atoms with Crippen LogP contribution in [0.15, 0.2) is 23.6 Å². The summed E-state index contributed by atoms with van der Waals surface area (Å²) in [5, 5.41) is 11.4. The highest BCUT2D eigenvalue weighted by molar-refractivity contribution is 8.06. The molecule has 0 aliphatic heterocycles. The molecule has 0 saturated carbocycles. The zero-order valence-electron chi connectivity index (χ0n) is 7.47. The van der Waals surface area contributed by atoms with E-state index >= 15 is 0 Å². The number of carbonyl (C=O) groups excluding carboxylic acids is 1. The minimum atomic E-state index is -0.470. The van der Waals surface area contributed by atoms with Gasteiger partial charge in [0, 0.05) is 11.0 Å². The topological polar surface area (TPSA) is 50.1 Å². The predicted octanol–water partition coefficient (Wildman–Crippen LogP) is 3.17. The van der Waals surface area contributed by atoms with Crippen LogP contribution in [0.4, 0.5) is 0 Å². The van der Waals surface area contributed by atoms with Gasteiger partial charge in [-0.1, -0.05) is 11.6 Å². The number of halogens is 1. The standard InChI is InChI=1S/C9H6ClNO2S2/c10-8-2-1-7(15-8)5-13-9(12)3-4-14-6-11/h1-4H,5H2/b4-3+. The van der Waals surface area contributed by atoms with Crippen molar-refractivity contribution in [3.63, 3.8) is 0 Å². The van der Waals surface area contributed by atoms with Crippen LogP contribution < -0.4 is 0 Å². The van der Waals surface area contributed by atoms with E-state index in [1.165, 1.54) is 22.8 Å². The van der Waals surface area contributed by atoms with E-state index in [1.807, 2.05) is 0 Å². The van der Waals surface area contributed by atoms with Crippen molar-refractivity contribution in [1.82, 2.24) is 0 Å². The molecule has 0 bridgehead atoms. The van der Waals surface area contributed by atoms with Crippen molar-refractivity contribution in [1.29, 1.82) is 5.26 Å². The molecule has 1 aromatic rings. The first-order valence-corrected chi connectivity index (χ1v) is 5.92. The van der Waals surface area contributed by atoms with Crippen molar-refractivity contribution < 1.29 is 9.53 Å². The maximum absolute atomic E-state index is 11.0. The summed E-state index contributed by atoms with van der Waals surface area (Å²) in [6, 6.07) is 3.55. The van der Waals surface area contributed by atoms with E-state index in [-0.39, 0.29) is 6.61 Å². The number of hydrogen-bond donors (Lipinski definition) is 0. The van der Waals surface area contributed by atoms with E-state index in [2.05, 4.69) is 0 Å². The van der Waals surface area contributed by atoms with Gasteiger partial charge in [-0.2, -0.15) is 5.26 Å². The normalized spacial score (nSPS) is 10.1. The number of carbonyl (C=O) groups is 1. The van der Waals surface area contributed by atoms with Crippen molar-refractivity contribution in [3.05, 3.63) is 32.8 Å². The first-order valence-electron chi connectivity index (χ1n) is 3.84. The molecule has 0 aliphatic carbocycles. The van der Waals surface area contributed by atoms with E-state index in [4.69, 9.17) is 21.6 Å². The molecule has 6 heteroatoms. The summed E-state index contributed by atoms with van der Waals surface area (Å²) in [6.45, 7) is 0.206. The number of hydrogen-bond acceptors (Lipinski definition) is 5. The van der Waals surface area contributed by atoms with Crippen molar-refractivity contribution in [3.8, 4) is 5.40 Å². The van der Waals surface area contributed by atoms with Gasteiger partial charge in [-0.25, -0.2) is 4.79 Å². The van der Waals surface area contributed by atoms with Gasteiger partial charge in [0.1, 0.15) is 12.0 Å². The second-order valence-corrected chi connectivity index (χ2v) is 4.82. The van der Waals surface area contributed by atoms with Crippen LogP contribution in [-0.2, 0) is 16.1 Å². The van der Waals surface area contributed by atoms with Crippen LogP contribution >= 0.6 is 34.7 Å². The fraction of sp³-hybridized carbons (Fsp3) is 0.111. The van der Waals surface area contributed by atoms with Crippen molar-refractivity contribution in [2.24, 2.45) is 0 Å². The minimum absolute atomic E-state index is 0.206. The zero-order valence-corrected chi connectivity index (χ0v) is 9.86. The maximum atomic E-state index is 11.0.